The zero-order valence-electron chi connectivity index (χ0n) is 9.56. The Morgan fingerprint density at radius 1 is 1.41 bits per heavy atom. The average Bonchev–Trinajstić information content (AvgIpc) is 2.24. The van der Waals surface area contributed by atoms with Gasteiger partial charge in [0.2, 0.25) is 17.7 Å². The molecule has 17 heavy (non-hydrogen) atoms. The highest BCUT2D eigenvalue weighted by Crippen LogP contribution is 1.88. The number of ether oxygens (including phenoxy) is 1. The summed E-state index contributed by atoms with van der Waals surface area (Å²) in [4.78, 5) is 32.6. The van der Waals surface area contributed by atoms with Crippen LogP contribution >= 0.6 is 12.6 Å². The van der Waals surface area contributed by atoms with Gasteiger partial charge in [-0.1, -0.05) is 0 Å². The van der Waals surface area contributed by atoms with Gasteiger partial charge in [-0.15, -0.1) is 0 Å². The maximum absolute atomic E-state index is 11.5. The van der Waals surface area contributed by atoms with Gasteiger partial charge >= 0.3 is 0 Å². The minimum absolute atomic E-state index is 0.175. The molecule has 0 spiro atoms. The lowest BCUT2D eigenvalue weighted by molar-refractivity contribution is -0.127. The molecule has 0 saturated carbocycles. The zero-order chi connectivity index (χ0) is 13.3. The lowest BCUT2D eigenvalue weighted by Crippen LogP contribution is -2.48. The van der Waals surface area contributed by atoms with E-state index in [9.17, 15) is 14.4 Å². The summed E-state index contributed by atoms with van der Waals surface area (Å²) in [7, 11) is 0. The molecule has 8 heteroatoms. The summed E-state index contributed by atoms with van der Waals surface area (Å²) < 4.78 is 4.84. The largest absolute Gasteiger partial charge is 0.370 e. The molecule has 0 saturated heterocycles. The number of primary amides is 1. The van der Waals surface area contributed by atoms with Crippen molar-refractivity contribution in [3.63, 3.8) is 0 Å². The molecule has 0 heterocycles. The Morgan fingerprint density at radius 2 is 2.06 bits per heavy atom. The molecule has 0 rings (SSSR count). The third-order valence-corrected chi connectivity index (χ3v) is 2.03. The van der Waals surface area contributed by atoms with E-state index in [1.54, 1.807) is 0 Å². The summed E-state index contributed by atoms with van der Waals surface area (Å²) in [5, 5.41) is 4.98. The van der Waals surface area contributed by atoms with Crippen LogP contribution in [0, 0.1) is 0 Å². The number of nitrogens with one attached hydrogen (secondary N) is 2. The second-order valence-electron chi connectivity index (χ2n) is 3.25. The van der Waals surface area contributed by atoms with Crippen molar-refractivity contribution < 1.29 is 19.1 Å². The van der Waals surface area contributed by atoms with Crippen LogP contribution in [0.15, 0.2) is 0 Å². The fraction of sp³-hybridized carbons (Fsp3) is 0.667. The summed E-state index contributed by atoms with van der Waals surface area (Å²) in [6.45, 7) is 1.54. The number of hydrogen-bond donors (Lipinski definition) is 4. The summed E-state index contributed by atoms with van der Waals surface area (Å²) in [6.07, 6.45) is 0. The number of rotatable bonds is 8. The number of hydrogen-bond acceptors (Lipinski definition) is 5. The lowest BCUT2D eigenvalue weighted by atomic mass is 10.3. The molecule has 0 aliphatic rings. The molecule has 1 unspecified atom stereocenters. The highest BCUT2D eigenvalue weighted by molar-refractivity contribution is 7.80. The van der Waals surface area contributed by atoms with Crippen LogP contribution in [0.5, 0.6) is 0 Å². The number of amides is 3. The molecule has 0 bridgehead atoms. The number of carbonyl (C=O) groups is 3. The van der Waals surface area contributed by atoms with Crippen LogP contribution in [0.2, 0.25) is 0 Å². The number of thiol groups is 1. The Balaban J connectivity index is 3.75. The first-order valence-electron chi connectivity index (χ1n) is 4.99. The van der Waals surface area contributed by atoms with E-state index in [1.807, 2.05) is 0 Å². The predicted octanol–water partition coefficient (Wildman–Crippen LogP) is -1.96. The van der Waals surface area contributed by atoms with Gasteiger partial charge in [0, 0.05) is 19.2 Å². The van der Waals surface area contributed by atoms with Crippen molar-refractivity contribution in [2.24, 2.45) is 5.73 Å². The van der Waals surface area contributed by atoms with E-state index in [-0.39, 0.29) is 37.3 Å². The predicted molar refractivity (Wildman–Crippen MR) is 64.5 cm³/mol. The maximum atomic E-state index is 11.5. The normalized spacial score (nSPS) is 11.6. The van der Waals surface area contributed by atoms with Gasteiger partial charge in [0.05, 0.1) is 6.61 Å². The summed E-state index contributed by atoms with van der Waals surface area (Å²) in [5.74, 6) is -1.02. The average molecular weight is 263 g/mol. The molecular weight excluding hydrogens is 246 g/mol. The molecule has 0 radical (unpaired) electrons. The lowest BCUT2D eigenvalue weighted by Gasteiger charge is -2.15. The topological polar surface area (TPSA) is 111 Å². The molecule has 1 atom stereocenters. The molecule has 0 fully saturated rings. The van der Waals surface area contributed by atoms with E-state index in [0.717, 1.165) is 0 Å². The van der Waals surface area contributed by atoms with Crippen molar-refractivity contribution in [1.29, 1.82) is 0 Å². The van der Waals surface area contributed by atoms with E-state index in [4.69, 9.17) is 10.5 Å². The fourth-order valence-corrected chi connectivity index (χ4v) is 1.24. The highest BCUT2D eigenvalue weighted by Gasteiger charge is 2.16. The van der Waals surface area contributed by atoms with Gasteiger partial charge in [0.25, 0.3) is 0 Å². The Morgan fingerprint density at radius 3 is 2.53 bits per heavy atom. The molecular formula is C9H17N3O4S. The minimum Gasteiger partial charge on any atom is -0.370 e. The van der Waals surface area contributed by atoms with Crippen LogP contribution in [0.4, 0.5) is 0 Å². The zero-order valence-corrected chi connectivity index (χ0v) is 10.5. The van der Waals surface area contributed by atoms with Crippen molar-refractivity contribution in [2.75, 3.05) is 25.5 Å². The molecule has 3 amide bonds. The molecule has 0 aromatic rings. The quantitative estimate of drug-likeness (QED) is 0.301. The minimum atomic E-state index is -0.674. The van der Waals surface area contributed by atoms with Crippen LogP contribution in [-0.2, 0) is 19.1 Å². The van der Waals surface area contributed by atoms with Gasteiger partial charge in [-0.25, -0.2) is 0 Å². The first kappa shape index (κ1) is 15.7. The Bertz CT molecular complexity index is 285. The van der Waals surface area contributed by atoms with Crippen molar-refractivity contribution in [2.45, 2.75) is 13.0 Å². The first-order valence-corrected chi connectivity index (χ1v) is 5.62. The summed E-state index contributed by atoms with van der Waals surface area (Å²) >= 11 is 3.95. The molecule has 4 N–H and O–H groups in total. The third-order valence-electron chi connectivity index (χ3n) is 1.67. The third kappa shape index (κ3) is 8.52. The van der Waals surface area contributed by atoms with Gasteiger partial charge in [-0.3, -0.25) is 14.4 Å². The number of nitrogens with two attached hydrogens (primary N) is 1. The molecule has 0 aliphatic heterocycles. The molecule has 98 valence electrons. The summed E-state index contributed by atoms with van der Waals surface area (Å²) in [5.41, 5.74) is 4.85. The van der Waals surface area contributed by atoms with Gasteiger partial charge in [0.15, 0.2) is 0 Å². The van der Waals surface area contributed by atoms with Crippen molar-refractivity contribution >= 4 is 30.4 Å². The second-order valence-corrected chi connectivity index (χ2v) is 3.61. The Kier molecular flexibility index (Phi) is 8.16. The van der Waals surface area contributed by atoms with Gasteiger partial charge in [0.1, 0.15) is 12.6 Å². The van der Waals surface area contributed by atoms with E-state index in [0.29, 0.717) is 0 Å². The Hall–Kier alpha value is -1.28. The van der Waals surface area contributed by atoms with Gasteiger partial charge in [-0.05, 0) is 0 Å². The molecule has 0 aromatic carbocycles. The Labute approximate surface area is 105 Å². The summed E-state index contributed by atoms with van der Waals surface area (Å²) in [6, 6.07) is -0.674. The number of carbonyl (C=O) groups excluding carboxylic acids is 3. The van der Waals surface area contributed by atoms with Gasteiger partial charge in [-0.2, -0.15) is 12.6 Å². The van der Waals surface area contributed by atoms with E-state index >= 15 is 0 Å². The van der Waals surface area contributed by atoms with E-state index in [2.05, 4.69) is 23.3 Å². The molecule has 0 aliphatic carbocycles. The molecule has 0 aromatic heterocycles. The first-order chi connectivity index (χ1) is 7.97. The smallest absolute Gasteiger partial charge is 0.243 e. The molecule has 7 nitrogen and oxygen atoms in total. The standard InChI is InChI=1S/C9H17N3O4S/c1-6(13)12-7(5-17)9(15)11-2-3-16-4-8(10)14/h7,17H,2-5H2,1H3,(H2,10,14)(H,11,15)(H,12,13). The van der Waals surface area contributed by atoms with Crippen LogP contribution < -0.4 is 16.4 Å². The maximum Gasteiger partial charge on any atom is 0.243 e. The van der Waals surface area contributed by atoms with Crippen molar-refractivity contribution in [3.8, 4) is 0 Å². The van der Waals surface area contributed by atoms with E-state index < -0.39 is 11.9 Å². The van der Waals surface area contributed by atoms with Crippen LogP contribution in [0.25, 0.3) is 0 Å². The monoisotopic (exact) mass is 263 g/mol. The van der Waals surface area contributed by atoms with Crippen LogP contribution in [0.3, 0.4) is 0 Å². The second kappa shape index (κ2) is 8.82. The highest BCUT2D eigenvalue weighted by atomic mass is 32.1. The van der Waals surface area contributed by atoms with Crippen LogP contribution in [-0.4, -0.2) is 49.3 Å². The van der Waals surface area contributed by atoms with Gasteiger partial charge < -0.3 is 21.1 Å². The SMILES string of the molecule is CC(=O)NC(CS)C(=O)NCCOCC(N)=O. The fourth-order valence-electron chi connectivity index (χ4n) is 0.982. The van der Waals surface area contributed by atoms with Crippen molar-refractivity contribution in [3.05, 3.63) is 0 Å². The van der Waals surface area contributed by atoms with Crippen LogP contribution in [0.1, 0.15) is 6.92 Å². The van der Waals surface area contributed by atoms with Crippen molar-refractivity contribution in [1.82, 2.24) is 10.6 Å². The van der Waals surface area contributed by atoms with E-state index in [1.165, 1.54) is 6.92 Å².